The Morgan fingerprint density at radius 2 is 2.00 bits per heavy atom. The van der Waals surface area contributed by atoms with E-state index >= 15 is 0 Å². The lowest BCUT2D eigenvalue weighted by Gasteiger charge is -2.11. The zero-order chi connectivity index (χ0) is 13.5. The van der Waals surface area contributed by atoms with Crippen molar-refractivity contribution in [3.8, 4) is 0 Å². The molecule has 0 bridgehead atoms. The number of carbonyl (C=O) groups excluding carboxylic acids is 1. The molecule has 1 rings (SSSR count). The fraction of sp³-hybridized carbons (Fsp3) is 0.333. The van der Waals surface area contributed by atoms with Gasteiger partial charge in [-0.3, -0.25) is 4.79 Å². The summed E-state index contributed by atoms with van der Waals surface area (Å²) in [6, 6.07) is 5.90. The molecule has 0 unspecified atom stereocenters. The molecule has 0 aliphatic heterocycles. The van der Waals surface area contributed by atoms with E-state index in [1.165, 1.54) is 0 Å². The molecule has 0 aliphatic carbocycles. The van der Waals surface area contributed by atoms with Crippen molar-refractivity contribution >= 4 is 17.6 Å². The molecule has 1 aromatic carbocycles. The average molecular weight is 252 g/mol. The second-order valence-electron chi connectivity index (χ2n) is 3.84. The number of benzene rings is 1. The third-order valence-corrected chi connectivity index (χ3v) is 2.49. The summed E-state index contributed by atoms with van der Waals surface area (Å²) in [4.78, 5) is 22.1. The number of hydrogen-bond donors (Lipinski definition) is 4. The number of anilines is 1. The first-order chi connectivity index (χ1) is 8.54. The quantitative estimate of drug-likeness (QED) is 0.522. The van der Waals surface area contributed by atoms with Gasteiger partial charge in [-0.1, -0.05) is 18.2 Å². The largest absolute Gasteiger partial charge is 0.480 e. The number of nitrogens with one attached hydrogen (secondary N) is 1. The van der Waals surface area contributed by atoms with Crippen LogP contribution in [0.5, 0.6) is 0 Å². The summed E-state index contributed by atoms with van der Waals surface area (Å²) in [5.41, 5.74) is 7.15. The van der Waals surface area contributed by atoms with Crippen LogP contribution in [0.3, 0.4) is 0 Å². The monoisotopic (exact) mass is 252 g/mol. The zero-order valence-electron chi connectivity index (χ0n) is 9.80. The van der Waals surface area contributed by atoms with Gasteiger partial charge in [-0.05, 0) is 18.1 Å². The number of nitrogens with two attached hydrogens (primary N) is 1. The maximum atomic E-state index is 11.5. The summed E-state index contributed by atoms with van der Waals surface area (Å²) >= 11 is 0. The van der Waals surface area contributed by atoms with Crippen LogP contribution in [-0.2, 0) is 16.0 Å². The number of hydrogen-bond acceptors (Lipinski definition) is 4. The van der Waals surface area contributed by atoms with Gasteiger partial charge in [0.15, 0.2) is 0 Å². The standard InChI is InChI=1S/C12H16N2O4/c13-9-4-2-1-3-8(9)5-6-11(16)14-10(7-15)12(17)18/h1-4,10,15H,5-7,13H2,(H,14,16)(H,17,18)/t10-/m1/s1. The Hall–Kier alpha value is -2.08. The van der Waals surface area contributed by atoms with Crippen LogP contribution in [0.4, 0.5) is 5.69 Å². The normalized spacial score (nSPS) is 11.8. The molecule has 0 aliphatic rings. The molecular weight excluding hydrogens is 236 g/mol. The molecule has 6 heteroatoms. The molecule has 98 valence electrons. The van der Waals surface area contributed by atoms with Gasteiger partial charge in [0.2, 0.25) is 5.91 Å². The number of carbonyl (C=O) groups is 2. The molecule has 0 fully saturated rings. The molecule has 1 amide bonds. The molecule has 0 heterocycles. The van der Waals surface area contributed by atoms with Gasteiger partial charge in [0.1, 0.15) is 6.04 Å². The number of aliphatic carboxylic acids is 1. The van der Waals surface area contributed by atoms with E-state index in [1.54, 1.807) is 12.1 Å². The Morgan fingerprint density at radius 3 is 2.56 bits per heavy atom. The number of carboxylic acids is 1. The smallest absolute Gasteiger partial charge is 0.328 e. The topological polar surface area (TPSA) is 113 Å². The van der Waals surface area contributed by atoms with Gasteiger partial charge in [-0.2, -0.15) is 0 Å². The van der Waals surface area contributed by atoms with Crippen LogP contribution in [0.1, 0.15) is 12.0 Å². The van der Waals surface area contributed by atoms with E-state index < -0.39 is 24.5 Å². The first-order valence-electron chi connectivity index (χ1n) is 5.51. The summed E-state index contributed by atoms with van der Waals surface area (Å²) in [7, 11) is 0. The summed E-state index contributed by atoms with van der Waals surface area (Å²) in [6.07, 6.45) is 0.550. The van der Waals surface area contributed by atoms with Crippen molar-refractivity contribution < 1.29 is 19.8 Å². The van der Waals surface area contributed by atoms with Crippen molar-refractivity contribution in [2.24, 2.45) is 0 Å². The van der Waals surface area contributed by atoms with Crippen molar-refractivity contribution in [3.63, 3.8) is 0 Å². The van der Waals surface area contributed by atoms with E-state index in [-0.39, 0.29) is 6.42 Å². The van der Waals surface area contributed by atoms with E-state index in [1.807, 2.05) is 12.1 Å². The van der Waals surface area contributed by atoms with E-state index in [0.29, 0.717) is 12.1 Å². The van der Waals surface area contributed by atoms with Crippen LogP contribution in [0.2, 0.25) is 0 Å². The number of aryl methyl sites for hydroxylation is 1. The van der Waals surface area contributed by atoms with Crippen molar-refractivity contribution in [1.29, 1.82) is 0 Å². The number of nitrogen functional groups attached to an aromatic ring is 1. The average Bonchev–Trinajstić information content (AvgIpc) is 2.34. The first kappa shape index (κ1) is 14.0. The summed E-state index contributed by atoms with van der Waals surface area (Å²) in [6.45, 7) is -0.630. The van der Waals surface area contributed by atoms with Gasteiger partial charge in [0.05, 0.1) is 6.61 Å². The van der Waals surface area contributed by atoms with Crippen LogP contribution < -0.4 is 11.1 Å². The second kappa shape index (κ2) is 6.61. The van der Waals surface area contributed by atoms with Crippen molar-refractivity contribution in [2.45, 2.75) is 18.9 Å². The van der Waals surface area contributed by atoms with Gasteiger partial charge in [0, 0.05) is 12.1 Å². The molecule has 0 spiro atoms. The fourth-order valence-corrected chi connectivity index (χ4v) is 1.46. The van der Waals surface area contributed by atoms with Crippen LogP contribution in [-0.4, -0.2) is 34.7 Å². The lowest BCUT2D eigenvalue weighted by atomic mass is 10.1. The van der Waals surface area contributed by atoms with Crippen LogP contribution in [0.15, 0.2) is 24.3 Å². The summed E-state index contributed by atoms with van der Waals surface area (Å²) in [5.74, 6) is -1.69. The number of rotatable bonds is 6. The third kappa shape index (κ3) is 4.06. The Kier molecular flexibility index (Phi) is 5.13. The van der Waals surface area contributed by atoms with Gasteiger partial charge < -0.3 is 21.3 Å². The molecule has 0 radical (unpaired) electrons. The SMILES string of the molecule is Nc1ccccc1CCC(=O)N[C@H](CO)C(=O)O. The maximum absolute atomic E-state index is 11.5. The molecule has 18 heavy (non-hydrogen) atoms. The molecule has 0 saturated carbocycles. The van der Waals surface area contributed by atoms with Crippen molar-refractivity contribution in [3.05, 3.63) is 29.8 Å². The van der Waals surface area contributed by atoms with Gasteiger partial charge in [-0.25, -0.2) is 4.79 Å². The highest BCUT2D eigenvalue weighted by Crippen LogP contribution is 2.12. The van der Waals surface area contributed by atoms with E-state index in [0.717, 1.165) is 5.56 Å². The third-order valence-electron chi connectivity index (χ3n) is 2.49. The molecule has 5 N–H and O–H groups in total. The molecule has 1 atom stereocenters. The van der Waals surface area contributed by atoms with E-state index in [4.69, 9.17) is 15.9 Å². The Labute approximate surface area is 104 Å². The number of aliphatic hydroxyl groups excluding tert-OH is 1. The lowest BCUT2D eigenvalue weighted by molar-refractivity contribution is -0.142. The van der Waals surface area contributed by atoms with Crippen LogP contribution >= 0.6 is 0 Å². The molecule has 1 aromatic rings. The summed E-state index contributed by atoms with van der Waals surface area (Å²) < 4.78 is 0. The van der Waals surface area contributed by atoms with Crippen molar-refractivity contribution in [1.82, 2.24) is 5.32 Å². The Balaban J connectivity index is 2.47. The van der Waals surface area contributed by atoms with Gasteiger partial charge >= 0.3 is 5.97 Å². The molecule has 6 nitrogen and oxygen atoms in total. The second-order valence-corrected chi connectivity index (χ2v) is 3.84. The minimum absolute atomic E-state index is 0.123. The fourth-order valence-electron chi connectivity index (χ4n) is 1.46. The van der Waals surface area contributed by atoms with E-state index in [2.05, 4.69) is 5.32 Å². The van der Waals surface area contributed by atoms with Gasteiger partial charge in [0.25, 0.3) is 0 Å². The minimum atomic E-state index is -1.26. The minimum Gasteiger partial charge on any atom is -0.480 e. The molecule has 0 aromatic heterocycles. The Morgan fingerprint density at radius 1 is 1.33 bits per heavy atom. The highest BCUT2D eigenvalue weighted by atomic mass is 16.4. The highest BCUT2D eigenvalue weighted by Gasteiger charge is 2.18. The predicted molar refractivity (Wildman–Crippen MR) is 65.8 cm³/mol. The Bertz CT molecular complexity index is 434. The molecular formula is C12H16N2O4. The van der Waals surface area contributed by atoms with E-state index in [9.17, 15) is 9.59 Å². The van der Waals surface area contributed by atoms with Crippen LogP contribution in [0.25, 0.3) is 0 Å². The lowest BCUT2D eigenvalue weighted by Crippen LogP contribution is -2.43. The number of para-hydroxylation sites is 1. The first-order valence-corrected chi connectivity index (χ1v) is 5.51. The number of carboxylic acid groups (broad SMARTS) is 1. The maximum Gasteiger partial charge on any atom is 0.328 e. The van der Waals surface area contributed by atoms with Crippen LogP contribution in [0, 0.1) is 0 Å². The summed E-state index contributed by atoms with van der Waals surface area (Å²) in [5, 5.41) is 19.6. The van der Waals surface area contributed by atoms with Crippen molar-refractivity contribution in [2.75, 3.05) is 12.3 Å². The molecule has 0 saturated heterocycles. The zero-order valence-corrected chi connectivity index (χ0v) is 9.80. The predicted octanol–water partition coefficient (Wildman–Crippen LogP) is -0.237. The van der Waals surface area contributed by atoms with Gasteiger partial charge in [-0.15, -0.1) is 0 Å². The number of amides is 1. The number of aliphatic hydroxyl groups is 1. The highest BCUT2D eigenvalue weighted by molar-refractivity contribution is 5.83.